The monoisotopic (exact) mass is 207 g/mol. The van der Waals surface area contributed by atoms with Gasteiger partial charge in [-0.15, -0.1) is 16.4 Å². The molecule has 0 aliphatic rings. The van der Waals surface area contributed by atoms with Gasteiger partial charge in [0.1, 0.15) is 5.69 Å². The van der Waals surface area contributed by atoms with Gasteiger partial charge in [0, 0.05) is 6.54 Å². The van der Waals surface area contributed by atoms with Gasteiger partial charge >= 0.3 is 0 Å². The Morgan fingerprint density at radius 1 is 1.64 bits per heavy atom. The van der Waals surface area contributed by atoms with E-state index >= 15 is 0 Å². The standard InChI is InChI=1S/C9H9N3OS/c1-2-12-7(6-10-11-12)9(13)8-4-3-5-14-8/h3-6H,2H2,1H3. The van der Waals surface area contributed by atoms with E-state index in [4.69, 9.17) is 0 Å². The summed E-state index contributed by atoms with van der Waals surface area (Å²) < 4.78 is 1.60. The van der Waals surface area contributed by atoms with Gasteiger partial charge in [-0.1, -0.05) is 11.3 Å². The SMILES string of the molecule is CCn1nncc1C(=O)c1cccs1. The maximum atomic E-state index is 11.9. The smallest absolute Gasteiger partial charge is 0.222 e. The Balaban J connectivity index is 2.36. The molecule has 5 heteroatoms. The van der Waals surface area contributed by atoms with E-state index in [9.17, 15) is 4.79 Å². The molecule has 0 unspecified atom stereocenters. The molecule has 0 atom stereocenters. The van der Waals surface area contributed by atoms with E-state index in [1.54, 1.807) is 10.7 Å². The van der Waals surface area contributed by atoms with Gasteiger partial charge in [0.05, 0.1) is 11.1 Å². The largest absolute Gasteiger partial charge is 0.286 e. The van der Waals surface area contributed by atoms with Crippen LogP contribution >= 0.6 is 11.3 Å². The molecule has 0 fully saturated rings. The molecule has 4 nitrogen and oxygen atoms in total. The van der Waals surface area contributed by atoms with Crippen LogP contribution < -0.4 is 0 Å². The van der Waals surface area contributed by atoms with Crippen molar-refractivity contribution < 1.29 is 4.79 Å². The first-order valence-electron chi connectivity index (χ1n) is 4.29. The average molecular weight is 207 g/mol. The summed E-state index contributed by atoms with van der Waals surface area (Å²) in [6.07, 6.45) is 1.51. The van der Waals surface area contributed by atoms with Crippen LogP contribution in [0, 0.1) is 0 Å². The average Bonchev–Trinajstić information content (AvgIpc) is 2.87. The van der Waals surface area contributed by atoms with Crippen molar-refractivity contribution >= 4 is 17.1 Å². The molecule has 0 N–H and O–H groups in total. The van der Waals surface area contributed by atoms with Crippen LogP contribution in [-0.4, -0.2) is 20.8 Å². The van der Waals surface area contributed by atoms with Crippen molar-refractivity contribution in [1.29, 1.82) is 0 Å². The van der Waals surface area contributed by atoms with Crippen molar-refractivity contribution in [2.45, 2.75) is 13.5 Å². The molecule has 2 heterocycles. The van der Waals surface area contributed by atoms with Gasteiger partial charge in [-0.3, -0.25) is 4.79 Å². The summed E-state index contributed by atoms with van der Waals surface area (Å²) in [6, 6.07) is 3.66. The Kier molecular flexibility index (Phi) is 2.41. The zero-order chi connectivity index (χ0) is 9.97. The second kappa shape index (κ2) is 3.71. The number of rotatable bonds is 3. The molecule has 0 saturated carbocycles. The van der Waals surface area contributed by atoms with E-state index in [0.29, 0.717) is 12.2 Å². The molecule has 2 aromatic rings. The van der Waals surface area contributed by atoms with Gasteiger partial charge in [0.15, 0.2) is 0 Å². The second-order valence-corrected chi connectivity index (χ2v) is 3.69. The highest BCUT2D eigenvalue weighted by Gasteiger charge is 2.14. The van der Waals surface area contributed by atoms with E-state index < -0.39 is 0 Å². The summed E-state index contributed by atoms with van der Waals surface area (Å²) in [6.45, 7) is 2.59. The Hall–Kier alpha value is -1.49. The fourth-order valence-electron chi connectivity index (χ4n) is 1.20. The molecule has 0 aromatic carbocycles. The first-order valence-corrected chi connectivity index (χ1v) is 5.17. The quantitative estimate of drug-likeness (QED) is 0.718. The van der Waals surface area contributed by atoms with Crippen LogP contribution in [0.1, 0.15) is 22.3 Å². The summed E-state index contributed by atoms with van der Waals surface area (Å²) in [7, 11) is 0. The Labute approximate surface area is 85.2 Å². The fraction of sp³-hybridized carbons (Fsp3) is 0.222. The lowest BCUT2D eigenvalue weighted by Crippen LogP contribution is -2.09. The normalized spacial score (nSPS) is 10.4. The van der Waals surface area contributed by atoms with E-state index in [1.807, 2.05) is 18.4 Å². The molecular formula is C9H9N3OS. The number of carbonyl (C=O) groups excluding carboxylic acids is 1. The lowest BCUT2D eigenvalue weighted by molar-refractivity contribution is 0.103. The first kappa shape index (κ1) is 9.08. The molecule has 0 radical (unpaired) electrons. The van der Waals surface area contributed by atoms with Crippen molar-refractivity contribution in [2.24, 2.45) is 0 Å². The molecule has 0 aliphatic heterocycles. The number of hydrogen-bond acceptors (Lipinski definition) is 4. The summed E-state index contributed by atoms with van der Waals surface area (Å²) in [5.41, 5.74) is 0.551. The minimum absolute atomic E-state index is 0.00755. The summed E-state index contributed by atoms with van der Waals surface area (Å²) in [5.74, 6) is -0.00755. The first-order chi connectivity index (χ1) is 6.83. The number of carbonyl (C=O) groups is 1. The summed E-state index contributed by atoms with van der Waals surface area (Å²) >= 11 is 1.43. The predicted molar refractivity (Wildman–Crippen MR) is 53.4 cm³/mol. The summed E-state index contributed by atoms with van der Waals surface area (Å²) in [4.78, 5) is 12.6. The van der Waals surface area contributed by atoms with Crippen LogP contribution in [0.2, 0.25) is 0 Å². The second-order valence-electron chi connectivity index (χ2n) is 2.74. The van der Waals surface area contributed by atoms with Gasteiger partial charge in [-0.25, -0.2) is 4.68 Å². The minimum Gasteiger partial charge on any atom is -0.286 e. The van der Waals surface area contributed by atoms with Gasteiger partial charge < -0.3 is 0 Å². The van der Waals surface area contributed by atoms with E-state index in [0.717, 1.165) is 4.88 Å². The van der Waals surface area contributed by atoms with E-state index in [-0.39, 0.29) is 5.78 Å². The van der Waals surface area contributed by atoms with E-state index in [1.165, 1.54) is 17.5 Å². The predicted octanol–water partition coefficient (Wildman–Crippen LogP) is 1.59. The zero-order valence-corrected chi connectivity index (χ0v) is 8.49. The van der Waals surface area contributed by atoms with Crippen molar-refractivity contribution in [3.63, 3.8) is 0 Å². The molecule has 0 spiro atoms. The van der Waals surface area contributed by atoms with Gasteiger partial charge in [-0.2, -0.15) is 0 Å². The highest BCUT2D eigenvalue weighted by molar-refractivity contribution is 7.12. The zero-order valence-electron chi connectivity index (χ0n) is 7.67. The maximum Gasteiger partial charge on any atom is 0.222 e. The van der Waals surface area contributed by atoms with Crippen LogP contribution in [0.25, 0.3) is 0 Å². The summed E-state index contributed by atoms with van der Waals surface area (Å²) in [5, 5.41) is 9.42. The van der Waals surface area contributed by atoms with Gasteiger partial charge in [-0.05, 0) is 18.4 Å². The topological polar surface area (TPSA) is 47.8 Å². The van der Waals surface area contributed by atoms with Crippen LogP contribution in [0.15, 0.2) is 23.7 Å². The highest BCUT2D eigenvalue weighted by Crippen LogP contribution is 2.13. The maximum absolute atomic E-state index is 11.9. The number of hydrogen-bond donors (Lipinski definition) is 0. The number of thiophene rings is 1. The fourth-order valence-corrected chi connectivity index (χ4v) is 1.87. The van der Waals surface area contributed by atoms with Gasteiger partial charge in [0.2, 0.25) is 5.78 Å². The minimum atomic E-state index is -0.00755. The molecular weight excluding hydrogens is 198 g/mol. The third-order valence-electron chi connectivity index (χ3n) is 1.89. The lowest BCUT2D eigenvalue weighted by atomic mass is 10.2. The Morgan fingerprint density at radius 2 is 2.50 bits per heavy atom. The van der Waals surface area contributed by atoms with Crippen molar-refractivity contribution in [2.75, 3.05) is 0 Å². The van der Waals surface area contributed by atoms with Crippen molar-refractivity contribution in [3.05, 3.63) is 34.3 Å². The molecule has 0 bridgehead atoms. The van der Waals surface area contributed by atoms with E-state index in [2.05, 4.69) is 10.3 Å². The molecule has 2 rings (SSSR count). The van der Waals surface area contributed by atoms with Crippen molar-refractivity contribution in [3.8, 4) is 0 Å². The Bertz CT molecular complexity index is 433. The highest BCUT2D eigenvalue weighted by atomic mass is 32.1. The third-order valence-corrected chi connectivity index (χ3v) is 2.76. The number of aromatic nitrogens is 3. The van der Waals surface area contributed by atoms with Crippen LogP contribution in [0.5, 0.6) is 0 Å². The molecule has 0 amide bonds. The molecule has 0 saturated heterocycles. The number of ketones is 1. The van der Waals surface area contributed by atoms with Gasteiger partial charge in [0.25, 0.3) is 0 Å². The number of aryl methyl sites for hydroxylation is 1. The number of nitrogens with zero attached hydrogens (tertiary/aromatic N) is 3. The van der Waals surface area contributed by atoms with Crippen LogP contribution in [0.4, 0.5) is 0 Å². The lowest BCUT2D eigenvalue weighted by Gasteiger charge is -1.99. The molecule has 2 aromatic heterocycles. The Morgan fingerprint density at radius 3 is 3.14 bits per heavy atom. The van der Waals surface area contributed by atoms with Crippen LogP contribution in [-0.2, 0) is 6.54 Å². The van der Waals surface area contributed by atoms with Crippen molar-refractivity contribution in [1.82, 2.24) is 15.0 Å². The molecule has 0 aliphatic carbocycles. The van der Waals surface area contributed by atoms with Crippen LogP contribution in [0.3, 0.4) is 0 Å². The molecule has 72 valence electrons. The molecule has 14 heavy (non-hydrogen) atoms. The third kappa shape index (κ3) is 1.46.